The van der Waals surface area contributed by atoms with Crippen molar-refractivity contribution in [3.8, 4) is 9.88 Å². The van der Waals surface area contributed by atoms with Crippen LogP contribution in [0.5, 0.6) is 0 Å². The van der Waals surface area contributed by atoms with Crippen LogP contribution in [0.2, 0.25) is 0 Å². The van der Waals surface area contributed by atoms with Crippen LogP contribution in [0.1, 0.15) is 20.9 Å². The SMILES string of the molecule is Cc1ccc(NC(=O)c2sc(-c3cccs3)nc2C)cc1. The lowest BCUT2D eigenvalue weighted by molar-refractivity contribution is 0.103. The fraction of sp³-hybridized carbons (Fsp3) is 0.125. The average molecular weight is 314 g/mol. The molecule has 0 aliphatic carbocycles. The summed E-state index contributed by atoms with van der Waals surface area (Å²) in [5.41, 5.74) is 2.74. The van der Waals surface area contributed by atoms with Crippen LogP contribution in [-0.4, -0.2) is 10.9 Å². The zero-order valence-electron chi connectivity index (χ0n) is 11.7. The van der Waals surface area contributed by atoms with Gasteiger partial charge in [0.15, 0.2) is 0 Å². The standard InChI is InChI=1S/C16H14N2OS2/c1-10-5-7-12(8-6-10)18-15(19)14-11(2)17-16(21-14)13-4-3-9-20-13/h3-9H,1-2H3,(H,18,19). The van der Waals surface area contributed by atoms with Crippen molar-refractivity contribution < 1.29 is 4.79 Å². The monoisotopic (exact) mass is 314 g/mol. The molecule has 3 nitrogen and oxygen atoms in total. The third-order valence-corrected chi connectivity index (χ3v) is 5.24. The highest BCUT2D eigenvalue weighted by molar-refractivity contribution is 7.22. The molecule has 1 aromatic carbocycles. The summed E-state index contributed by atoms with van der Waals surface area (Å²) in [6, 6.07) is 11.8. The number of hydrogen-bond donors (Lipinski definition) is 1. The zero-order valence-corrected chi connectivity index (χ0v) is 13.3. The van der Waals surface area contributed by atoms with Gasteiger partial charge in [-0.15, -0.1) is 22.7 Å². The van der Waals surface area contributed by atoms with E-state index in [-0.39, 0.29) is 5.91 Å². The first-order valence-electron chi connectivity index (χ1n) is 6.53. The summed E-state index contributed by atoms with van der Waals surface area (Å²) in [4.78, 5) is 18.6. The maximum Gasteiger partial charge on any atom is 0.267 e. The van der Waals surface area contributed by atoms with E-state index < -0.39 is 0 Å². The van der Waals surface area contributed by atoms with Crippen LogP contribution in [-0.2, 0) is 0 Å². The maximum absolute atomic E-state index is 12.4. The Morgan fingerprint density at radius 1 is 1.14 bits per heavy atom. The molecule has 1 N–H and O–H groups in total. The third kappa shape index (κ3) is 3.04. The normalized spacial score (nSPS) is 10.6. The summed E-state index contributed by atoms with van der Waals surface area (Å²) >= 11 is 3.07. The minimum Gasteiger partial charge on any atom is -0.321 e. The van der Waals surface area contributed by atoms with Crippen LogP contribution in [0.3, 0.4) is 0 Å². The van der Waals surface area contributed by atoms with Gasteiger partial charge in [-0.05, 0) is 37.4 Å². The number of aryl methyl sites for hydroxylation is 2. The first kappa shape index (κ1) is 14.0. The highest BCUT2D eigenvalue weighted by Crippen LogP contribution is 2.31. The number of hydrogen-bond acceptors (Lipinski definition) is 4. The molecule has 0 atom stereocenters. The first-order chi connectivity index (χ1) is 10.1. The van der Waals surface area contributed by atoms with Gasteiger partial charge < -0.3 is 5.32 Å². The Morgan fingerprint density at radius 3 is 2.57 bits per heavy atom. The number of carbonyl (C=O) groups is 1. The van der Waals surface area contributed by atoms with Gasteiger partial charge in [0.05, 0.1) is 10.6 Å². The molecular weight excluding hydrogens is 300 g/mol. The van der Waals surface area contributed by atoms with E-state index in [0.29, 0.717) is 4.88 Å². The van der Waals surface area contributed by atoms with Crippen molar-refractivity contribution >= 4 is 34.3 Å². The number of rotatable bonds is 3. The van der Waals surface area contributed by atoms with Crippen LogP contribution in [0.15, 0.2) is 41.8 Å². The number of amides is 1. The molecule has 3 aromatic rings. The van der Waals surface area contributed by atoms with Gasteiger partial charge in [0, 0.05) is 5.69 Å². The van der Waals surface area contributed by atoms with Gasteiger partial charge in [0.2, 0.25) is 0 Å². The molecule has 1 amide bonds. The Kier molecular flexibility index (Phi) is 3.86. The summed E-state index contributed by atoms with van der Waals surface area (Å²) < 4.78 is 0. The molecule has 0 bridgehead atoms. The summed E-state index contributed by atoms with van der Waals surface area (Å²) in [6.45, 7) is 3.89. The second kappa shape index (κ2) is 5.79. The Labute approximate surface area is 131 Å². The molecule has 0 radical (unpaired) electrons. The van der Waals surface area contributed by atoms with Crippen LogP contribution in [0.4, 0.5) is 5.69 Å². The fourth-order valence-corrected chi connectivity index (χ4v) is 3.70. The molecule has 2 heterocycles. The summed E-state index contributed by atoms with van der Waals surface area (Å²) in [5, 5.41) is 5.83. The summed E-state index contributed by atoms with van der Waals surface area (Å²) in [6.07, 6.45) is 0. The van der Waals surface area contributed by atoms with Gasteiger partial charge in [0.25, 0.3) is 5.91 Å². The Balaban J connectivity index is 1.83. The lowest BCUT2D eigenvalue weighted by Gasteiger charge is -2.04. The quantitative estimate of drug-likeness (QED) is 0.758. The topological polar surface area (TPSA) is 42.0 Å². The number of nitrogens with one attached hydrogen (secondary N) is 1. The number of benzene rings is 1. The number of thiazole rings is 1. The molecule has 5 heteroatoms. The van der Waals surface area contributed by atoms with Gasteiger partial charge in [-0.3, -0.25) is 4.79 Å². The molecule has 2 aromatic heterocycles. The maximum atomic E-state index is 12.4. The third-order valence-electron chi connectivity index (χ3n) is 3.04. The molecule has 0 unspecified atom stereocenters. The van der Waals surface area contributed by atoms with Crippen molar-refractivity contribution in [2.45, 2.75) is 13.8 Å². The molecule has 21 heavy (non-hydrogen) atoms. The Hall–Kier alpha value is -1.98. The molecule has 0 aliphatic rings. The van der Waals surface area contributed by atoms with Crippen LogP contribution >= 0.6 is 22.7 Å². The fourth-order valence-electron chi connectivity index (χ4n) is 1.94. The van der Waals surface area contributed by atoms with E-state index in [0.717, 1.165) is 21.3 Å². The largest absolute Gasteiger partial charge is 0.321 e. The Bertz CT molecular complexity index is 758. The van der Waals surface area contributed by atoms with E-state index in [2.05, 4.69) is 10.3 Å². The van der Waals surface area contributed by atoms with Crippen LogP contribution in [0.25, 0.3) is 9.88 Å². The smallest absolute Gasteiger partial charge is 0.267 e. The van der Waals surface area contributed by atoms with E-state index in [9.17, 15) is 4.79 Å². The highest BCUT2D eigenvalue weighted by atomic mass is 32.1. The van der Waals surface area contributed by atoms with Crippen molar-refractivity contribution in [1.82, 2.24) is 4.98 Å². The van der Waals surface area contributed by atoms with Gasteiger partial charge in [-0.2, -0.15) is 0 Å². The van der Waals surface area contributed by atoms with E-state index >= 15 is 0 Å². The van der Waals surface area contributed by atoms with Crippen LogP contribution < -0.4 is 5.32 Å². The zero-order chi connectivity index (χ0) is 14.8. The predicted molar refractivity (Wildman–Crippen MR) is 89.3 cm³/mol. The predicted octanol–water partition coefficient (Wildman–Crippen LogP) is 4.74. The molecule has 0 saturated carbocycles. The van der Waals surface area contributed by atoms with Crippen molar-refractivity contribution in [3.63, 3.8) is 0 Å². The molecule has 0 aliphatic heterocycles. The minimum absolute atomic E-state index is 0.100. The number of aromatic nitrogens is 1. The number of nitrogens with zero attached hydrogens (tertiary/aromatic N) is 1. The average Bonchev–Trinajstić information content (AvgIpc) is 3.10. The van der Waals surface area contributed by atoms with Crippen molar-refractivity contribution in [1.29, 1.82) is 0 Å². The lowest BCUT2D eigenvalue weighted by atomic mass is 10.2. The second-order valence-corrected chi connectivity index (χ2v) is 6.68. The van der Waals surface area contributed by atoms with E-state index in [1.807, 2.05) is 55.6 Å². The van der Waals surface area contributed by atoms with Crippen LogP contribution in [0, 0.1) is 13.8 Å². The van der Waals surface area contributed by atoms with Crippen molar-refractivity contribution in [2.75, 3.05) is 5.32 Å². The first-order valence-corrected chi connectivity index (χ1v) is 8.22. The van der Waals surface area contributed by atoms with Gasteiger partial charge in [-0.25, -0.2) is 4.98 Å². The molecule has 106 valence electrons. The van der Waals surface area contributed by atoms with E-state index in [1.54, 1.807) is 11.3 Å². The number of thiophene rings is 1. The lowest BCUT2D eigenvalue weighted by Crippen LogP contribution is -2.11. The van der Waals surface area contributed by atoms with Gasteiger partial charge in [-0.1, -0.05) is 23.8 Å². The second-order valence-electron chi connectivity index (χ2n) is 4.73. The van der Waals surface area contributed by atoms with Gasteiger partial charge in [0.1, 0.15) is 9.88 Å². The molecule has 3 rings (SSSR count). The summed E-state index contributed by atoms with van der Waals surface area (Å²) in [7, 11) is 0. The molecule has 0 saturated heterocycles. The molecule has 0 spiro atoms. The van der Waals surface area contributed by atoms with Crippen molar-refractivity contribution in [2.24, 2.45) is 0 Å². The molecular formula is C16H14N2OS2. The highest BCUT2D eigenvalue weighted by Gasteiger charge is 2.16. The van der Waals surface area contributed by atoms with E-state index in [4.69, 9.17) is 0 Å². The minimum atomic E-state index is -0.100. The van der Waals surface area contributed by atoms with Gasteiger partial charge >= 0.3 is 0 Å². The van der Waals surface area contributed by atoms with Crippen molar-refractivity contribution in [3.05, 3.63) is 57.9 Å². The summed E-state index contributed by atoms with van der Waals surface area (Å²) in [5.74, 6) is -0.100. The Morgan fingerprint density at radius 2 is 1.90 bits per heavy atom. The number of carbonyl (C=O) groups excluding carboxylic acids is 1. The molecule has 0 fully saturated rings. The van der Waals surface area contributed by atoms with E-state index in [1.165, 1.54) is 16.9 Å². The number of anilines is 1.